The molecule has 0 bridgehead atoms. The van der Waals surface area contributed by atoms with E-state index in [9.17, 15) is 4.79 Å². The first-order valence-corrected chi connectivity index (χ1v) is 9.13. The predicted octanol–water partition coefficient (Wildman–Crippen LogP) is 3.84. The van der Waals surface area contributed by atoms with Gasteiger partial charge in [0.15, 0.2) is 16.8 Å². The van der Waals surface area contributed by atoms with E-state index < -0.39 is 5.79 Å². The predicted molar refractivity (Wildman–Crippen MR) is 98.9 cm³/mol. The lowest BCUT2D eigenvalue weighted by Gasteiger charge is -2.39. The van der Waals surface area contributed by atoms with Gasteiger partial charge in [0.05, 0.1) is 24.6 Å². The normalized spacial score (nSPS) is 19.1. The number of hydrogen-bond donors (Lipinski definition) is 1. The summed E-state index contributed by atoms with van der Waals surface area (Å²) in [5, 5.41) is 3.14. The van der Waals surface area contributed by atoms with E-state index in [1.165, 1.54) is 0 Å². The third kappa shape index (κ3) is 3.32. The van der Waals surface area contributed by atoms with E-state index in [1.807, 2.05) is 25.1 Å². The summed E-state index contributed by atoms with van der Waals surface area (Å²) in [7, 11) is 0. The Morgan fingerprint density at radius 3 is 2.54 bits per heavy atom. The molecule has 0 atom stereocenters. The van der Waals surface area contributed by atoms with Crippen molar-refractivity contribution in [2.75, 3.05) is 36.5 Å². The molecule has 0 saturated carbocycles. The number of amides is 1. The number of halogens is 1. The number of hydrogen-bond acceptors (Lipinski definition) is 5. The van der Waals surface area contributed by atoms with Crippen LogP contribution in [-0.2, 0) is 9.47 Å². The number of furan rings is 1. The molecule has 1 N–H and O–H groups in total. The highest BCUT2D eigenvalue weighted by atomic mass is 35.5. The third-order valence-electron chi connectivity index (χ3n) is 4.94. The van der Waals surface area contributed by atoms with Crippen molar-refractivity contribution in [3.05, 3.63) is 46.9 Å². The van der Waals surface area contributed by atoms with Gasteiger partial charge in [-0.25, -0.2) is 0 Å². The molecule has 2 aliphatic heterocycles. The fourth-order valence-electron chi connectivity index (χ4n) is 3.66. The van der Waals surface area contributed by atoms with Crippen LogP contribution in [0.15, 0.2) is 34.7 Å². The van der Waals surface area contributed by atoms with Crippen LogP contribution in [0.5, 0.6) is 0 Å². The van der Waals surface area contributed by atoms with Gasteiger partial charge in [-0.3, -0.25) is 4.79 Å². The van der Waals surface area contributed by atoms with E-state index >= 15 is 0 Å². The number of anilines is 2. The second-order valence-corrected chi connectivity index (χ2v) is 7.00. The van der Waals surface area contributed by atoms with Gasteiger partial charge in [0.2, 0.25) is 0 Å². The Hall–Kier alpha value is -2.02. The van der Waals surface area contributed by atoms with Crippen LogP contribution in [0.3, 0.4) is 0 Å². The number of carbonyl (C=O) groups is 1. The first-order valence-electron chi connectivity index (χ1n) is 8.75. The molecule has 2 aromatic rings. The molecule has 2 aliphatic rings. The highest BCUT2D eigenvalue weighted by Gasteiger charge is 2.40. The van der Waals surface area contributed by atoms with Crippen LogP contribution in [0.4, 0.5) is 11.4 Å². The van der Waals surface area contributed by atoms with E-state index in [2.05, 4.69) is 10.2 Å². The zero-order valence-corrected chi connectivity index (χ0v) is 15.3. The van der Waals surface area contributed by atoms with Crippen molar-refractivity contribution >= 4 is 28.9 Å². The molecule has 2 saturated heterocycles. The number of benzene rings is 1. The van der Waals surface area contributed by atoms with Gasteiger partial charge in [-0.05, 0) is 42.3 Å². The van der Waals surface area contributed by atoms with E-state index in [-0.39, 0.29) is 16.9 Å². The summed E-state index contributed by atoms with van der Waals surface area (Å²) in [4.78, 5) is 14.7. The number of para-hydroxylation sites is 1. The highest BCUT2D eigenvalue weighted by molar-refractivity contribution is 6.29. The molecule has 1 aromatic heterocycles. The first kappa shape index (κ1) is 17.4. The quantitative estimate of drug-likeness (QED) is 0.881. The third-order valence-corrected chi connectivity index (χ3v) is 5.14. The molecule has 138 valence electrons. The van der Waals surface area contributed by atoms with Gasteiger partial charge in [-0.1, -0.05) is 12.1 Å². The lowest BCUT2D eigenvalue weighted by Crippen LogP contribution is -2.45. The number of aryl methyl sites for hydroxylation is 1. The number of nitrogens with one attached hydrogen (secondary N) is 1. The molecule has 7 heteroatoms. The lowest BCUT2D eigenvalue weighted by atomic mass is 10.0. The summed E-state index contributed by atoms with van der Waals surface area (Å²) < 4.78 is 16.8. The molecular formula is C19H21ClN2O4. The number of rotatable bonds is 3. The largest absolute Gasteiger partial charge is 0.440 e. The molecule has 3 heterocycles. The number of carbonyl (C=O) groups excluding carboxylic acids is 1. The Balaban J connectivity index is 1.54. The van der Waals surface area contributed by atoms with Crippen LogP contribution in [0.2, 0.25) is 5.22 Å². The van der Waals surface area contributed by atoms with Crippen molar-refractivity contribution < 1.29 is 18.7 Å². The molecule has 0 unspecified atom stereocenters. The Morgan fingerprint density at radius 1 is 1.15 bits per heavy atom. The van der Waals surface area contributed by atoms with Crippen LogP contribution in [0.1, 0.15) is 29.0 Å². The highest BCUT2D eigenvalue weighted by Crippen LogP contribution is 2.37. The summed E-state index contributed by atoms with van der Waals surface area (Å²) >= 11 is 5.77. The van der Waals surface area contributed by atoms with Gasteiger partial charge in [0, 0.05) is 25.9 Å². The summed E-state index contributed by atoms with van der Waals surface area (Å²) in [6.45, 7) is 4.98. The van der Waals surface area contributed by atoms with Gasteiger partial charge in [0.25, 0.3) is 5.91 Å². The summed E-state index contributed by atoms with van der Waals surface area (Å²) in [5.74, 6) is -0.555. The van der Waals surface area contributed by atoms with Gasteiger partial charge >= 0.3 is 0 Å². The van der Waals surface area contributed by atoms with Crippen molar-refractivity contribution in [2.45, 2.75) is 25.6 Å². The molecule has 1 aromatic carbocycles. The van der Waals surface area contributed by atoms with Crippen LogP contribution < -0.4 is 10.2 Å². The Kier molecular flexibility index (Phi) is 4.65. The van der Waals surface area contributed by atoms with Crippen LogP contribution in [-0.4, -0.2) is 38.0 Å². The smallest absolute Gasteiger partial charge is 0.291 e. The SMILES string of the molecule is Cc1cccc(NC(=O)c2ccc(Cl)o2)c1N1CCC2(CC1)OCCO2. The minimum atomic E-state index is -0.423. The van der Waals surface area contributed by atoms with Gasteiger partial charge in [-0.2, -0.15) is 0 Å². The standard InChI is InChI=1S/C19H21ClN2O4/c1-13-3-2-4-14(21-18(23)15-5-6-16(20)26-15)17(13)22-9-7-19(8-10-22)24-11-12-25-19/h2-6H,7-12H2,1H3,(H,21,23). The molecule has 1 spiro atoms. The molecular weight excluding hydrogens is 356 g/mol. The zero-order valence-electron chi connectivity index (χ0n) is 14.6. The average Bonchev–Trinajstić information content (AvgIpc) is 3.26. The number of piperidine rings is 1. The number of nitrogens with zero attached hydrogens (tertiary/aromatic N) is 1. The van der Waals surface area contributed by atoms with Gasteiger partial charge in [0.1, 0.15) is 0 Å². The molecule has 2 fully saturated rings. The number of ether oxygens (including phenoxy) is 2. The average molecular weight is 377 g/mol. The molecule has 1 amide bonds. The van der Waals surface area contributed by atoms with E-state index in [0.29, 0.717) is 13.2 Å². The molecule has 0 radical (unpaired) electrons. The van der Waals surface area contributed by atoms with Crippen molar-refractivity contribution in [1.82, 2.24) is 0 Å². The molecule has 0 aliphatic carbocycles. The molecule has 26 heavy (non-hydrogen) atoms. The maximum atomic E-state index is 12.5. The van der Waals surface area contributed by atoms with Crippen molar-refractivity contribution in [3.63, 3.8) is 0 Å². The zero-order chi connectivity index (χ0) is 18.1. The summed E-state index contributed by atoms with van der Waals surface area (Å²) in [6.07, 6.45) is 1.62. The van der Waals surface area contributed by atoms with Gasteiger partial charge in [-0.15, -0.1) is 0 Å². The second-order valence-electron chi connectivity index (χ2n) is 6.62. The van der Waals surface area contributed by atoms with Crippen molar-refractivity contribution in [1.29, 1.82) is 0 Å². The van der Waals surface area contributed by atoms with Crippen LogP contribution in [0.25, 0.3) is 0 Å². The van der Waals surface area contributed by atoms with Crippen LogP contribution in [0, 0.1) is 6.92 Å². The maximum absolute atomic E-state index is 12.5. The molecule has 6 nitrogen and oxygen atoms in total. The van der Waals surface area contributed by atoms with E-state index in [1.54, 1.807) is 12.1 Å². The summed E-state index contributed by atoms with van der Waals surface area (Å²) in [5.41, 5.74) is 2.88. The Bertz CT molecular complexity index is 804. The lowest BCUT2D eigenvalue weighted by molar-refractivity contribution is -0.169. The Labute approximate surface area is 157 Å². The van der Waals surface area contributed by atoms with Crippen molar-refractivity contribution in [2.24, 2.45) is 0 Å². The fourth-order valence-corrected chi connectivity index (χ4v) is 3.80. The van der Waals surface area contributed by atoms with E-state index in [0.717, 1.165) is 42.9 Å². The Morgan fingerprint density at radius 2 is 1.88 bits per heavy atom. The monoisotopic (exact) mass is 376 g/mol. The fraction of sp³-hybridized carbons (Fsp3) is 0.421. The minimum absolute atomic E-state index is 0.188. The topological polar surface area (TPSA) is 63.9 Å². The van der Waals surface area contributed by atoms with Gasteiger partial charge < -0.3 is 24.1 Å². The minimum Gasteiger partial charge on any atom is -0.440 e. The summed E-state index contributed by atoms with van der Waals surface area (Å²) in [6, 6.07) is 8.99. The van der Waals surface area contributed by atoms with Crippen LogP contribution >= 0.6 is 11.6 Å². The molecule has 4 rings (SSSR count). The first-order chi connectivity index (χ1) is 12.6. The van der Waals surface area contributed by atoms with E-state index in [4.69, 9.17) is 25.5 Å². The maximum Gasteiger partial charge on any atom is 0.291 e. The van der Waals surface area contributed by atoms with Crippen molar-refractivity contribution in [3.8, 4) is 0 Å². The second kappa shape index (κ2) is 6.95.